The molecule has 2 N–H and O–H groups in total. The Kier molecular flexibility index (Phi) is 6.35. The monoisotopic (exact) mass is 324 g/mol. The number of aliphatic hydroxyl groups is 1. The number of aliphatic hydroxyl groups excluding tert-OH is 1. The van der Waals surface area contributed by atoms with Crippen molar-refractivity contribution >= 4 is 5.91 Å². The van der Waals surface area contributed by atoms with Crippen LogP contribution in [0, 0.1) is 11.3 Å². The third-order valence-electron chi connectivity index (χ3n) is 3.62. The Morgan fingerprint density at radius 1 is 1.21 bits per heavy atom. The van der Waals surface area contributed by atoms with E-state index in [0.717, 1.165) is 5.56 Å². The number of hydrogen-bond acceptors (Lipinski definition) is 4. The molecule has 2 rings (SSSR count). The van der Waals surface area contributed by atoms with Crippen LogP contribution in [0.2, 0.25) is 0 Å². The number of para-hydroxylation sites is 1. The minimum atomic E-state index is -0.760. The Hall–Kier alpha value is -2.84. The molecule has 2 aromatic carbocycles. The molecule has 0 aliphatic heterocycles. The summed E-state index contributed by atoms with van der Waals surface area (Å²) in [6.45, 7) is 1.59. The predicted octanol–water partition coefficient (Wildman–Crippen LogP) is 2.57. The van der Waals surface area contributed by atoms with E-state index >= 15 is 0 Å². The van der Waals surface area contributed by atoms with E-state index in [0.29, 0.717) is 17.7 Å². The van der Waals surface area contributed by atoms with Crippen LogP contribution in [0.5, 0.6) is 5.75 Å². The molecule has 0 bridgehead atoms. The van der Waals surface area contributed by atoms with Gasteiger partial charge < -0.3 is 15.2 Å². The standard InChI is InChI=1S/C19H20N2O3/c1-14(24-18-10-6-5-9-16(18)13-20)19(23)21-17(11-12-22)15-7-3-2-4-8-15/h2-10,14,17,22H,11-12H2,1H3,(H,21,23). The Bertz CT molecular complexity index is 710. The predicted molar refractivity (Wildman–Crippen MR) is 90.3 cm³/mol. The quantitative estimate of drug-likeness (QED) is 0.820. The molecule has 0 saturated heterocycles. The van der Waals surface area contributed by atoms with Crippen molar-refractivity contribution in [2.75, 3.05) is 6.61 Å². The summed E-state index contributed by atoms with van der Waals surface area (Å²) in [6, 6.07) is 18.0. The fourth-order valence-corrected chi connectivity index (χ4v) is 2.33. The highest BCUT2D eigenvalue weighted by molar-refractivity contribution is 5.81. The largest absolute Gasteiger partial charge is 0.480 e. The maximum Gasteiger partial charge on any atom is 0.261 e. The number of nitrogens with zero attached hydrogens (tertiary/aromatic N) is 1. The van der Waals surface area contributed by atoms with Gasteiger partial charge in [0.1, 0.15) is 11.8 Å². The number of rotatable bonds is 7. The van der Waals surface area contributed by atoms with Crippen LogP contribution in [0.3, 0.4) is 0 Å². The number of benzene rings is 2. The topological polar surface area (TPSA) is 82.3 Å². The van der Waals surface area contributed by atoms with E-state index < -0.39 is 6.10 Å². The fourth-order valence-electron chi connectivity index (χ4n) is 2.33. The molecule has 0 radical (unpaired) electrons. The van der Waals surface area contributed by atoms with Crippen LogP contribution in [0.25, 0.3) is 0 Å². The Morgan fingerprint density at radius 2 is 1.88 bits per heavy atom. The smallest absolute Gasteiger partial charge is 0.261 e. The van der Waals surface area contributed by atoms with Crippen LogP contribution in [-0.4, -0.2) is 23.7 Å². The van der Waals surface area contributed by atoms with Gasteiger partial charge in [-0.3, -0.25) is 4.79 Å². The summed E-state index contributed by atoms with van der Waals surface area (Å²) in [5.74, 6) is 0.0751. The van der Waals surface area contributed by atoms with Gasteiger partial charge in [0.05, 0.1) is 11.6 Å². The highest BCUT2D eigenvalue weighted by Gasteiger charge is 2.20. The summed E-state index contributed by atoms with van der Waals surface area (Å²) in [7, 11) is 0. The third-order valence-corrected chi connectivity index (χ3v) is 3.62. The van der Waals surface area contributed by atoms with E-state index in [1.807, 2.05) is 36.4 Å². The lowest BCUT2D eigenvalue weighted by atomic mass is 10.0. The summed E-state index contributed by atoms with van der Waals surface area (Å²) in [4.78, 5) is 12.4. The third kappa shape index (κ3) is 4.58. The zero-order chi connectivity index (χ0) is 17.4. The Morgan fingerprint density at radius 3 is 2.54 bits per heavy atom. The summed E-state index contributed by atoms with van der Waals surface area (Å²) >= 11 is 0. The van der Waals surface area contributed by atoms with E-state index in [2.05, 4.69) is 5.32 Å². The lowest BCUT2D eigenvalue weighted by molar-refractivity contribution is -0.128. The van der Waals surface area contributed by atoms with Gasteiger partial charge in [-0.1, -0.05) is 42.5 Å². The lowest BCUT2D eigenvalue weighted by Crippen LogP contribution is -2.39. The summed E-state index contributed by atoms with van der Waals surface area (Å²) in [5, 5.41) is 21.2. The molecule has 2 atom stereocenters. The van der Waals surface area contributed by atoms with Crippen LogP contribution in [0.4, 0.5) is 0 Å². The molecule has 0 aromatic heterocycles. The number of nitriles is 1. The maximum atomic E-state index is 12.4. The van der Waals surface area contributed by atoms with E-state index in [9.17, 15) is 9.90 Å². The SMILES string of the molecule is CC(Oc1ccccc1C#N)C(=O)NC(CCO)c1ccccc1. The second kappa shape index (κ2) is 8.70. The first-order chi connectivity index (χ1) is 11.7. The molecule has 2 aromatic rings. The second-order valence-electron chi connectivity index (χ2n) is 5.35. The van der Waals surface area contributed by atoms with Crippen molar-refractivity contribution in [3.05, 3.63) is 65.7 Å². The molecule has 0 spiro atoms. The number of carbonyl (C=O) groups excluding carboxylic acids is 1. The zero-order valence-corrected chi connectivity index (χ0v) is 13.5. The highest BCUT2D eigenvalue weighted by atomic mass is 16.5. The van der Waals surface area contributed by atoms with Gasteiger partial charge in [-0.15, -0.1) is 0 Å². The van der Waals surface area contributed by atoms with Crippen molar-refractivity contribution in [2.24, 2.45) is 0 Å². The van der Waals surface area contributed by atoms with Crippen LogP contribution in [-0.2, 0) is 4.79 Å². The Labute approximate surface area is 141 Å². The number of amides is 1. The molecule has 0 aliphatic carbocycles. The van der Waals surface area contributed by atoms with E-state index in [1.165, 1.54) is 0 Å². The molecule has 124 valence electrons. The summed E-state index contributed by atoms with van der Waals surface area (Å²) in [6.07, 6.45) is -0.346. The van der Waals surface area contributed by atoms with Crippen LogP contribution < -0.4 is 10.1 Å². The van der Waals surface area contributed by atoms with Gasteiger partial charge in [-0.2, -0.15) is 5.26 Å². The van der Waals surface area contributed by atoms with Crippen molar-refractivity contribution in [2.45, 2.75) is 25.5 Å². The van der Waals surface area contributed by atoms with Gasteiger partial charge in [-0.05, 0) is 31.0 Å². The van der Waals surface area contributed by atoms with Crippen LogP contribution >= 0.6 is 0 Å². The summed E-state index contributed by atoms with van der Waals surface area (Å²) < 4.78 is 5.62. The molecule has 1 amide bonds. The number of carbonyl (C=O) groups is 1. The molecule has 2 unspecified atom stereocenters. The van der Waals surface area contributed by atoms with E-state index in [-0.39, 0.29) is 18.6 Å². The average molecular weight is 324 g/mol. The molecule has 0 heterocycles. The number of ether oxygens (including phenoxy) is 1. The van der Waals surface area contributed by atoms with Gasteiger partial charge in [0.15, 0.2) is 6.10 Å². The molecule has 24 heavy (non-hydrogen) atoms. The Balaban J connectivity index is 2.05. The normalized spacial score (nSPS) is 12.7. The zero-order valence-electron chi connectivity index (χ0n) is 13.5. The van der Waals surface area contributed by atoms with Crippen molar-refractivity contribution in [3.8, 4) is 11.8 Å². The molecule has 0 fully saturated rings. The highest BCUT2D eigenvalue weighted by Crippen LogP contribution is 2.20. The lowest BCUT2D eigenvalue weighted by Gasteiger charge is -2.21. The van der Waals surface area contributed by atoms with Crippen molar-refractivity contribution in [1.82, 2.24) is 5.32 Å². The molecule has 5 nitrogen and oxygen atoms in total. The molecule has 0 saturated carbocycles. The van der Waals surface area contributed by atoms with Gasteiger partial charge in [0.25, 0.3) is 5.91 Å². The van der Waals surface area contributed by atoms with Crippen molar-refractivity contribution in [1.29, 1.82) is 5.26 Å². The van der Waals surface area contributed by atoms with Crippen molar-refractivity contribution < 1.29 is 14.6 Å². The second-order valence-corrected chi connectivity index (χ2v) is 5.35. The van der Waals surface area contributed by atoms with E-state index in [4.69, 9.17) is 10.00 Å². The minimum Gasteiger partial charge on any atom is -0.480 e. The molecular weight excluding hydrogens is 304 g/mol. The van der Waals surface area contributed by atoms with Gasteiger partial charge >= 0.3 is 0 Å². The number of hydrogen-bond donors (Lipinski definition) is 2. The molecule has 5 heteroatoms. The van der Waals surface area contributed by atoms with Gasteiger partial charge in [-0.25, -0.2) is 0 Å². The molecular formula is C19H20N2O3. The van der Waals surface area contributed by atoms with Crippen LogP contribution in [0.1, 0.15) is 30.5 Å². The first-order valence-corrected chi connectivity index (χ1v) is 7.77. The van der Waals surface area contributed by atoms with Gasteiger partial charge in [0, 0.05) is 6.61 Å². The van der Waals surface area contributed by atoms with Crippen molar-refractivity contribution in [3.63, 3.8) is 0 Å². The van der Waals surface area contributed by atoms with Crippen LogP contribution in [0.15, 0.2) is 54.6 Å². The van der Waals surface area contributed by atoms with Gasteiger partial charge in [0.2, 0.25) is 0 Å². The van der Waals surface area contributed by atoms with E-state index in [1.54, 1.807) is 31.2 Å². The average Bonchev–Trinajstić information content (AvgIpc) is 2.62. The summed E-state index contributed by atoms with van der Waals surface area (Å²) in [5.41, 5.74) is 1.30. The maximum absolute atomic E-state index is 12.4. The number of nitrogens with one attached hydrogen (secondary N) is 1. The molecule has 0 aliphatic rings. The fraction of sp³-hybridized carbons (Fsp3) is 0.263. The first-order valence-electron chi connectivity index (χ1n) is 7.77. The first kappa shape index (κ1) is 17.5. The minimum absolute atomic E-state index is 0.0354.